The zero-order valence-corrected chi connectivity index (χ0v) is 14.7. The first-order valence-corrected chi connectivity index (χ1v) is 10.0. The number of benzene rings is 1. The molecule has 23 heavy (non-hydrogen) atoms. The number of anilines is 1. The van der Waals surface area contributed by atoms with E-state index in [0.717, 1.165) is 11.8 Å². The molecular weight excluding hydrogens is 358 g/mol. The van der Waals surface area contributed by atoms with E-state index in [1.165, 1.54) is 11.3 Å². The molecule has 0 saturated heterocycles. The van der Waals surface area contributed by atoms with Crippen LogP contribution in [0, 0.1) is 0 Å². The SMILES string of the molecule is CS(=O)(=O)CCC(N)C(=O)Nc1nc(-c2ccccc2Cl)cs1. The first-order valence-electron chi connectivity index (χ1n) is 6.71. The molecule has 0 aliphatic heterocycles. The van der Waals surface area contributed by atoms with Crippen LogP contribution in [0.25, 0.3) is 11.3 Å². The van der Waals surface area contributed by atoms with Gasteiger partial charge in [0, 0.05) is 22.2 Å². The highest BCUT2D eigenvalue weighted by atomic mass is 35.5. The number of sulfone groups is 1. The molecule has 9 heteroatoms. The Bertz CT molecular complexity index is 805. The van der Waals surface area contributed by atoms with Gasteiger partial charge in [-0.25, -0.2) is 13.4 Å². The van der Waals surface area contributed by atoms with Crippen LogP contribution >= 0.6 is 22.9 Å². The van der Waals surface area contributed by atoms with Crippen molar-refractivity contribution in [1.29, 1.82) is 0 Å². The monoisotopic (exact) mass is 373 g/mol. The molecular formula is C14H16ClN3O3S2. The Balaban J connectivity index is 2.02. The predicted octanol–water partition coefficient (Wildman–Crippen LogP) is 2.16. The Hall–Kier alpha value is -1.48. The predicted molar refractivity (Wildman–Crippen MR) is 93.5 cm³/mol. The Kier molecular flexibility index (Phi) is 5.74. The van der Waals surface area contributed by atoms with Crippen molar-refractivity contribution in [1.82, 2.24) is 4.98 Å². The fourth-order valence-electron chi connectivity index (χ4n) is 1.79. The fourth-order valence-corrected chi connectivity index (χ4v) is 3.42. The van der Waals surface area contributed by atoms with Crippen LogP contribution in [0.2, 0.25) is 5.02 Å². The third kappa shape index (κ3) is 5.28. The van der Waals surface area contributed by atoms with E-state index in [-0.39, 0.29) is 12.2 Å². The Morgan fingerprint density at radius 3 is 2.78 bits per heavy atom. The molecule has 1 unspecified atom stereocenters. The second kappa shape index (κ2) is 7.39. The summed E-state index contributed by atoms with van der Waals surface area (Å²) in [6, 6.07) is 6.36. The van der Waals surface area contributed by atoms with Crippen LogP contribution in [0.4, 0.5) is 5.13 Å². The number of halogens is 1. The minimum Gasteiger partial charge on any atom is -0.320 e. The van der Waals surface area contributed by atoms with E-state index in [2.05, 4.69) is 10.3 Å². The number of nitrogens with one attached hydrogen (secondary N) is 1. The Morgan fingerprint density at radius 1 is 1.43 bits per heavy atom. The van der Waals surface area contributed by atoms with Gasteiger partial charge in [-0.1, -0.05) is 29.8 Å². The summed E-state index contributed by atoms with van der Waals surface area (Å²) in [5.74, 6) is -0.599. The molecule has 0 spiro atoms. The number of carbonyl (C=O) groups is 1. The van der Waals surface area contributed by atoms with Gasteiger partial charge >= 0.3 is 0 Å². The summed E-state index contributed by atoms with van der Waals surface area (Å²) in [6.45, 7) is 0. The van der Waals surface area contributed by atoms with E-state index in [1.54, 1.807) is 11.4 Å². The number of nitrogens with zero attached hydrogens (tertiary/aromatic N) is 1. The molecule has 0 radical (unpaired) electrons. The van der Waals surface area contributed by atoms with Gasteiger partial charge in [0.15, 0.2) is 5.13 Å². The standard InChI is InChI=1S/C14H16ClN3O3S2/c1-23(20,21)7-6-11(16)13(19)18-14-17-12(8-22-14)9-4-2-3-5-10(9)15/h2-5,8,11H,6-7,16H2,1H3,(H,17,18,19). The molecule has 1 amide bonds. The molecule has 0 saturated carbocycles. The third-order valence-electron chi connectivity index (χ3n) is 3.02. The van der Waals surface area contributed by atoms with Crippen LogP contribution < -0.4 is 11.1 Å². The van der Waals surface area contributed by atoms with Gasteiger partial charge < -0.3 is 11.1 Å². The van der Waals surface area contributed by atoms with Gasteiger partial charge in [-0.2, -0.15) is 0 Å². The largest absolute Gasteiger partial charge is 0.320 e. The van der Waals surface area contributed by atoms with Gasteiger partial charge in [-0.05, 0) is 12.5 Å². The number of carbonyl (C=O) groups excluding carboxylic acids is 1. The van der Waals surface area contributed by atoms with Crippen molar-refractivity contribution in [3.8, 4) is 11.3 Å². The number of aromatic nitrogens is 1. The van der Waals surface area contributed by atoms with Gasteiger partial charge in [0.25, 0.3) is 0 Å². The maximum Gasteiger partial charge on any atom is 0.243 e. The number of hydrogen-bond donors (Lipinski definition) is 2. The zero-order valence-electron chi connectivity index (χ0n) is 12.3. The average molecular weight is 374 g/mol. The zero-order chi connectivity index (χ0) is 17.0. The highest BCUT2D eigenvalue weighted by Crippen LogP contribution is 2.30. The third-order valence-corrected chi connectivity index (χ3v) is 5.09. The summed E-state index contributed by atoms with van der Waals surface area (Å²) in [5.41, 5.74) is 7.12. The lowest BCUT2D eigenvalue weighted by Crippen LogP contribution is -2.37. The summed E-state index contributed by atoms with van der Waals surface area (Å²) in [6.07, 6.45) is 1.17. The molecule has 2 rings (SSSR count). The molecule has 3 N–H and O–H groups in total. The second-order valence-corrected chi connectivity index (χ2v) is 8.56. The highest BCUT2D eigenvalue weighted by Gasteiger charge is 2.17. The van der Waals surface area contributed by atoms with E-state index < -0.39 is 21.8 Å². The topological polar surface area (TPSA) is 102 Å². The molecule has 6 nitrogen and oxygen atoms in total. The molecule has 0 bridgehead atoms. The number of amides is 1. The molecule has 1 heterocycles. The normalized spacial score (nSPS) is 12.8. The first kappa shape index (κ1) is 17.9. The van der Waals surface area contributed by atoms with Crippen molar-refractivity contribution in [3.63, 3.8) is 0 Å². The molecule has 1 aromatic carbocycles. The van der Waals surface area contributed by atoms with Gasteiger partial charge in [0.2, 0.25) is 5.91 Å². The van der Waals surface area contributed by atoms with Crippen molar-refractivity contribution in [2.75, 3.05) is 17.3 Å². The number of hydrogen-bond acceptors (Lipinski definition) is 6. The molecule has 124 valence electrons. The van der Waals surface area contributed by atoms with Crippen LogP contribution in [0.3, 0.4) is 0 Å². The summed E-state index contributed by atoms with van der Waals surface area (Å²) in [4.78, 5) is 16.3. The minimum atomic E-state index is -3.15. The Morgan fingerprint density at radius 2 is 2.13 bits per heavy atom. The van der Waals surface area contributed by atoms with E-state index in [9.17, 15) is 13.2 Å². The summed E-state index contributed by atoms with van der Waals surface area (Å²) in [7, 11) is -3.15. The van der Waals surface area contributed by atoms with Crippen LogP contribution in [0.15, 0.2) is 29.6 Å². The van der Waals surface area contributed by atoms with Crippen molar-refractivity contribution < 1.29 is 13.2 Å². The lowest BCUT2D eigenvalue weighted by molar-refractivity contribution is -0.117. The van der Waals surface area contributed by atoms with Crippen molar-refractivity contribution in [2.24, 2.45) is 5.73 Å². The van der Waals surface area contributed by atoms with Gasteiger partial charge in [-0.15, -0.1) is 11.3 Å². The van der Waals surface area contributed by atoms with E-state index in [0.29, 0.717) is 15.8 Å². The molecule has 0 aliphatic carbocycles. The lowest BCUT2D eigenvalue weighted by atomic mass is 10.2. The van der Waals surface area contributed by atoms with Crippen LogP contribution in [-0.4, -0.2) is 37.4 Å². The molecule has 1 atom stereocenters. The number of rotatable bonds is 6. The molecule has 0 aliphatic rings. The summed E-state index contributed by atoms with van der Waals surface area (Å²) >= 11 is 7.36. The maximum absolute atomic E-state index is 12.0. The Labute approximate surface area is 143 Å². The molecule has 0 fully saturated rings. The van der Waals surface area contributed by atoms with Crippen LogP contribution in [-0.2, 0) is 14.6 Å². The van der Waals surface area contributed by atoms with Gasteiger partial charge in [-0.3, -0.25) is 4.79 Å². The van der Waals surface area contributed by atoms with Crippen LogP contribution in [0.1, 0.15) is 6.42 Å². The maximum atomic E-state index is 12.0. The van der Waals surface area contributed by atoms with Crippen molar-refractivity contribution >= 4 is 43.8 Å². The lowest BCUT2D eigenvalue weighted by Gasteiger charge is -2.09. The second-order valence-electron chi connectivity index (χ2n) is 5.03. The van der Waals surface area contributed by atoms with Gasteiger partial charge in [0.1, 0.15) is 9.84 Å². The first-order chi connectivity index (χ1) is 10.8. The van der Waals surface area contributed by atoms with Crippen molar-refractivity contribution in [2.45, 2.75) is 12.5 Å². The summed E-state index contributed by atoms with van der Waals surface area (Å²) in [5, 5.41) is 5.33. The highest BCUT2D eigenvalue weighted by molar-refractivity contribution is 7.90. The average Bonchev–Trinajstić information content (AvgIpc) is 2.92. The van der Waals surface area contributed by atoms with Gasteiger partial charge in [0.05, 0.1) is 17.5 Å². The van der Waals surface area contributed by atoms with E-state index in [1.807, 2.05) is 18.2 Å². The molecule has 1 aromatic heterocycles. The molecule has 2 aromatic rings. The quantitative estimate of drug-likeness (QED) is 0.807. The fraction of sp³-hybridized carbons (Fsp3) is 0.286. The smallest absolute Gasteiger partial charge is 0.243 e. The number of nitrogens with two attached hydrogens (primary N) is 1. The summed E-state index contributed by atoms with van der Waals surface area (Å²) < 4.78 is 22.2. The number of thiazole rings is 1. The van der Waals surface area contributed by atoms with Crippen LogP contribution in [0.5, 0.6) is 0 Å². The van der Waals surface area contributed by atoms with E-state index >= 15 is 0 Å². The minimum absolute atomic E-state index is 0.0629. The van der Waals surface area contributed by atoms with Crippen molar-refractivity contribution in [3.05, 3.63) is 34.7 Å². The van der Waals surface area contributed by atoms with E-state index in [4.69, 9.17) is 17.3 Å².